The molecule has 2 fully saturated rings. The molecule has 1 amide bonds. The Kier molecular flexibility index (Phi) is 10.7. The Balaban J connectivity index is 1.28. The Labute approximate surface area is 276 Å². The number of hydrogen-bond donors (Lipinski definition) is 0. The van der Waals surface area contributed by atoms with Gasteiger partial charge in [-0.15, -0.1) is 0 Å². The van der Waals surface area contributed by atoms with E-state index >= 15 is 0 Å². The van der Waals surface area contributed by atoms with Crippen LogP contribution in [0.5, 0.6) is 17.2 Å². The van der Waals surface area contributed by atoms with E-state index in [-0.39, 0.29) is 29.6 Å². The van der Waals surface area contributed by atoms with E-state index in [0.717, 1.165) is 23.2 Å². The van der Waals surface area contributed by atoms with Crippen LogP contribution in [0.25, 0.3) is 0 Å². The molecule has 46 heavy (non-hydrogen) atoms. The van der Waals surface area contributed by atoms with E-state index in [4.69, 9.17) is 25.8 Å². The number of benzene rings is 2. The van der Waals surface area contributed by atoms with Crippen molar-refractivity contribution in [2.45, 2.75) is 38.4 Å². The quantitative estimate of drug-likeness (QED) is 0.300. The first-order chi connectivity index (χ1) is 22.1. The molecule has 0 unspecified atom stereocenters. The number of hydrogen-bond acceptors (Lipinski definition) is 9. The lowest BCUT2D eigenvalue weighted by Crippen LogP contribution is -2.50. The maximum Gasteiger partial charge on any atom is 0.263 e. The lowest BCUT2D eigenvalue weighted by Gasteiger charge is -2.36. The van der Waals surface area contributed by atoms with Crippen molar-refractivity contribution in [3.63, 3.8) is 0 Å². The number of amides is 1. The Morgan fingerprint density at radius 2 is 1.61 bits per heavy atom. The molecule has 5 rings (SSSR count). The number of halogens is 1. The van der Waals surface area contributed by atoms with Crippen LogP contribution in [-0.2, 0) is 23.1 Å². The van der Waals surface area contributed by atoms with E-state index in [9.17, 15) is 13.2 Å². The summed E-state index contributed by atoms with van der Waals surface area (Å²) in [7, 11) is 0.744. The van der Waals surface area contributed by atoms with Gasteiger partial charge in [-0.05, 0) is 37.1 Å². The number of aromatic nitrogens is 2. The second-order valence-corrected chi connectivity index (χ2v) is 13.8. The summed E-state index contributed by atoms with van der Waals surface area (Å²) in [6.45, 7) is 8.80. The van der Waals surface area contributed by atoms with Crippen molar-refractivity contribution in [3.05, 3.63) is 58.2 Å². The minimum absolute atomic E-state index is 0.122. The maximum absolute atomic E-state index is 14.0. The van der Waals surface area contributed by atoms with Crippen molar-refractivity contribution in [1.29, 1.82) is 0 Å². The maximum atomic E-state index is 14.0. The summed E-state index contributed by atoms with van der Waals surface area (Å²) < 4.78 is 47.6. The number of sulfonamides is 1. The Bertz CT molecular complexity index is 1650. The second-order valence-electron chi connectivity index (χ2n) is 11.5. The van der Waals surface area contributed by atoms with Crippen LogP contribution in [0.3, 0.4) is 0 Å². The molecule has 12 nitrogen and oxygen atoms in total. The molecule has 250 valence electrons. The monoisotopic (exact) mass is 674 g/mol. The van der Waals surface area contributed by atoms with Gasteiger partial charge in [0.15, 0.2) is 11.5 Å². The third-order valence-electron chi connectivity index (χ3n) is 8.58. The molecule has 0 aliphatic carbocycles. The molecular weight excluding hydrogens is 632 g/mol. The summed E-state index contributed by atoms with van der Waals surface area (Å²) in [5.41, 5.74) is 3.14. The van der Waals surface area contributed by atoms with Gasteiger partial charge in [0.1, 0.15) is 0 Å². The average Bonchev–Trinajstić information content (AvgIpc) is 3.50. The Hall–Kier alpha value is -3.52. The number of methoxy groups -OCH3 is 3. The summed E-state index contributed by atoms with van der Waals surface area (Å²) >= 11 is 6.24. The molecule has 3 aromatic rings. The van der Waals surface area contributed by atoms with Crippen LogP contribution in [0, 0.1) is 6.92 Å². The number of carbonyl (C=O) groups is 1. The lowest BCUT2D eigenvalue weighted by molar-refractivity contribution is 0.0623. The van der Waals surface area contributed by atoms with Gasteiger partial charge in [-0.1, -0.05) is 30.7 Å². The van der Waals surface area contributed by atoms with E-state index < -0.39 is 10.0 Å². The number of nitrogens with zero attached hydrogens (tertiary/aromatic N) is 6. The van der Waals surface area contributed by atoms with Gasteiger partial charge < -0.3 is 24.0 Å². The van der Waals surface area contributed by atoms with E-state index in [1.807, 2.05) is 44.2 Å². The molecule has 1 aromatic heterocycles. The van der Waals surface area contributed by atoms with Crippen LogP contribution in [0.1, 0.15) is 34.8 Å². The molecule has 0 atom stereocenters. The van der Waals surface area contributed by atoms with Crippen LogP contribution < -0.4 is 19.1 Å². The van der Waals surface area contributed by atoms with Crippen LogP contribution >= 0.6 is 11.6 Å². The highest BCUT2D eigenvalue weighted by atomic mass is 35.5. The first kappa shape index (κ1) is 33.8. The Morgan fingerprint density at radius 1 is 0.913 bits per heavy atom. The molecule has 0 bridgehead atoms. The zero-order chi connectivity index (χ0) is 33.0. The Morgan fingerprint density at radius 3 is 2.24 bits per heavy atom. The standard InChI is InChI=1S/C32H43ClN6O6S/c1-6-11-38-22-26(31(34-38)46(41,42)39-18-16-36(17-19-39)27-20-25(33)9-7-23(27)2)32(40)37-14-12-35(13-15-37)21-24-8-10-28(43-3)30(45-5)29(24)44-4/h7-10,20,22H,6,11-19,21H2,1-5H3. The van der Waals surface area contributed by atoms with Gasteiger partial charge in [-0.25, -0.2) is 8.42 Å². The predicted molar refractivity (Wildman–Crippen MR) is 177 cm³/mol. The van der Waals surface area contributed by atoms with E-state index in [1.165, 1.54) is 4.31 Å². The second kappa shape index (κ2) is 14.5. The topological polar surface area (TPSA) is 110 Å². The fourth-order valence-corrected chi connectivity index (χ4v) is 7.79. The smallest absolute Gasteiger partial charge is 0.263 e. The van der Waals surface area contributed by atoms with Crippen LogP contribution in [-0.4, -0.2) is 112 Å². The average molecular weight is 675 g/mol. The van der Waals surface area contributed by atoms with Gasteiger partial charge in [0.2, 0.25) is 10.8 Å². The zero-order valence-electron chi connectivity index (χ0n) is 27.2. The van der Waals surface area contributed by atoms with Gasteiger partial charge in [0.05, 0.1) is 26.9 Å². The zero-order valence-corrected chi connectivity index (χ0v) is 28.7. The van der Waals surface area contributed by atoms with Crippen LogP contribution in [0.2, 0.25) is 5.02 Å². The van der Waals surface area contributed by atoms with E-state index in [2.05, 4.69) is 14.9 Å². The number of carbonyl (C=O) groups excluding carboxylic acids is 1. The van der Waals surface area contributed by atoms with Crippen molar-refractivity contribution in [2.24, 2.45) is 0 Å². The summed E-state index contributed by atoms with van der Waals surface area (Å²) in [6.07, 6.45) is 2.34. The van der Waals surface area contributed by atoms with Gasteiger partial charge in [0, 0.05) is 87.9 Å². The van der Waals surface area contributed by atoms with Crippen LogP contribution in [0.4, 0.5) is 5.69 Å². The van der Waals surface area contributed by atoms with Gasteiger partial charge >= 0.3 is 0 Å². The molecular formula is C32H43ClN6O6S. The molecule has 2 aliphatic heterocycles. The SMILES string of the molecule is CCCn1cc(C(=O)N2CCN(Cc3ccc(OC)c(OC)c3OC)CC2)c(S(=O)(=O)N2CCN(c3cc(Cl)ccc3C)CC2)n1. The number of ether oxygens (including phenoxy) is 3. The normalized spacial score (nSPS) is 16.5. The number of piperazine rings is 2. The minimum atomic E-state index is -4.01. The molecule has 14 heteroatoms. The lowest BCUT2D eigenvalue weighted by atomic mass is 10.1. The van der Waals surface area contributed by atoms with Gasteiger partial charge in [0.25, 0.3) is 15.9 Å². The summed E-state index contributed by atoms with van der Waals surface area (Å²) in [5.74, 6) is 1.42. The molecule has 0 radical (unpaired) electrons. The van der Waals surface area contributed by atoms with Crippen molar-refractivity contribution in [1.82, 2.24) is 23.9 Å². The third kappa shape index (κ3) is 6.92. The van der Waals surface area contributed by atoms with Gasteiger partial charge in [-0.2, -0.15) is 9.40 Å². The first-order valence-corrected chi connectivity index (χ1v) is 17.3. The van der Waals surface area contributed by atoms with E-state index in [1.54, 1.807) is 37.1 Å². The van der Waals surface area contributed by atoms with Crippen molar-refractivity contribution in [3.8, 4) is 17.2 Å². The molecule has 0 N–H and O–H groups in total. The molecule has 2 aromatic carbocycles. The summed E-state index contributed by atoms with van der Waals surface area (Å²) in [4.78, 5) is 20.0. The molecule has 3 heterocycles. The van der Waals surface area contributed by atoms with Crippen LogP contribution in [0.15, 0.2) is 41.6 Å². The number of anilines is 1. The fraction of sp³-hybridized carbons (Fsp3) is 0.500. The molecule has 2 saturated heterocycles. The number of aryl methyl sites for hydroxylation is 2. The summed E-state index contributed by atoms with van der Waals surface area (Å²) in [5, 5.41) is 4.92. The van der Waals surface area contributed by atoms with E-state index in [0.29, 0.717) is 74.6 Å². The van der Waals surface area contributed by atoms with Crippen molar-refractivity contribution >= 4 is 33.2 Å². The highest BCUT2D eigenvalue weighted by Gasteiger charge is 2.37. The molecule has 0 spiro atoms. The molecule has 2 aliphatic rings. The summed E-state index contributed by atoms with van der Waals surface area (Å²) in [6, 6.07) is 9.53. The van der Waals surface area contributed by atoms with Crippen molar-refractivity contribution < 1.29 is 27.4 Å². The molecule has 0 saturated carbocycles. The highest BCUT2D eigenvalue weighted by Crippen LogP contribution is 2.40. The minimum Gasteiger partial charge on any atom is -0.493 e. The van der Waals surface area contributed by atoms with Gasteiger partial charge in [-0.3, -0.25) is 14.4 Å². The third-order valence-corrected chi connectivity index (χ3v) is 10.7. The highest BCUT2D eigenvalue weighted by molar-refractivity contribution is 7.89. The number of rotatable bonds is 11. The van der Waals surface area contributed by atoms with Crippen molar-refractivity contribution in [2.75, 3.05) is 78.6 Å². The predicted octanol–water partition coefficient (Wildman–Crippen LogP) is 3.75. The largest absolute Gasteiger partial charge is 0.493 e. The fourth-order valence-electron chi connectivity index (χ4n) is 6.11. The first-order valence-electron chi connectivity index (χ1n) is 15.5.